The molecule has 2 aromatic rings. The molecular formula is C9H10N4. The highest BCUT2D eigenvalue weighted by atomic mass is 15.3. The largest absolute Gasteiger partial charge is 0.261 e. The number of hydrogen-bond donors (Lipinski definition) is 0. The van der Waals surface area contributed by atoms with Crippen molar-refractivity contribution in [1.29, 1.82) is 0 Å². The summed E-state index contributed by atoms with van der Waals surface area (Å²) < 4.78 is 1.68. The monoisotopic (exact) mass is 174 g/mol. The number of pyridine rings is 1. The third kappa shape index (κ3) is 1.56. The molecule has 0 saturated heterocycles. The Kier molecular flexibility index (Phi) is 1.81. The summed E-state index contributed by atoms with van der Waals surface area (Å²) in [4.78, 5) is 8.30. The van der Waals surface area contributed by atoms with Crippen LogP contribution in [0.4, 0.5) is 0 Å². The van der Waals surface area contributed by atoms with Gasteiger partial charge in [0, 0.05) is 24.5 Å². The maximum Gasteiger partial charge on any atom is 0.182 e. The van der Waals surface area contributed by atoms with E-state index in [1.54, 1.807) is 17.2 Å². The molecule has 0 N–H and O–H groups in total. The van der Waals surface area contributed by atoms with Gasteiger partial charge >= 0.3 is 0 Å². The van der Waals surface area contributed by atoms with Crippen molar-refractivity contribution in [3.8, 4) is 11.4 Å². The fourth-order valence-electron chi connectivity index (χ4n) is 1.07. The van der Waals surface area contributed by atoms with Gasteiger partial charge in [0.15, 0.2) is 5.82 Å². The van der Waals surface area contributed by atoms with E-state index >= 15 is 0 Å². The summed E-state index contributed by atoms with van der Waals surface area (Å²) in [5.74, 6) is 0.718. The molecule has 0 fully saturated rings. The van der Waals surface area contributed by atoms with Crippen LogP contribution in [-0.2, 0) is 7.05 Å². The Bertz CT molecular complexity index is 402. The van der Waals surface area contributed by atoms with Crippen molar-refractivity contribution >= 4 is 0 Å². The quantitative estimate of drug-likeness (QED) is 0.652. The molecule has 0 bridgehead atoms. The Morgan fingerprint density at radius 2 is 2.08 bits per heavy atom. The molecular weight excluding hydrogens is 164 g/mol. The SMILES string of the molecule is Cc1ccc(-c2ncn(C)n2)cn1. The second-order valence-electron chi connectivity index (χ2n) is 2.93. The average Bonchev–Trinajstić information content (AvgIpc) is 2.53. The summed E-state index contributed by atoms with van der Waals surface area (Å²) in [5.41, 5.74) is 1.95. The second-order valence-corrected chi connectivity index (χ2v) is 2.93. The first kappa shape index (κ1) is 7.91. The molecule has 2 rings (SSSR count). The zero-order valence-corrected chi connectivity index (χ0v) is 7.60. The fourth-order valence-corrected chi connectivity index (χ4v) is 1.07. The summed E-state index contributed by atoms with van der Waals surface area (Å²) in [6.07, 6.45) is 3.46. The molecule has 0 aliphatic carbocycles. The van der Waals surface area contributed by atoms with Crippen LogP contribution in [0, 0.1) is 6.92 Å². The molecule has 0 amide bonds. The molecule has 2 aromatic heterocycles. The van der Waals surface area contributed by atoms with Crippen LogP contribution in [0.5, 0.6) is 0 Å². The van der Waals surface area contributed by atoms with Crippen LogP contribution in [0.2, 0.25) is 0 Å². The lowest BCUT2D eigenvalue weighted by molar-refractivity contribution is 0.768. The van der Waals surface area contributed by atoms with Crippen LogP contribution in [0.25, 0.3) is 11.4 Å². The van der Waals surface area contributed by atoms with E-state index in [2.05, 4.69) is 15.1 Å². The van der Waals surface area contributed by atoms with Gasteiger partial charge in [-0.05, 0) is 19.1 Å². The highest BCUT2D eigenvalue weighted by molar-refractivity contribution is 5.52. The van der Waals surface area contributed by atoms with Gasteiger partial charge in [0.1, 0.15) is 6.33 Å². The van der Waals surface area contributed by atoms with Gasteiger partial charge in [-0.25, -0.2) is 4.98 Å². The molecule has 0 spiro atoms. The molecule has 0 aromatic carbocycles. The third-order valence-corrected chi connectivity index (χ3v) is 1.77. The Hall–Kier alpha value is -1.71. The summed E-state index contributed by atoms with van der Waals surface area (Å²) in [6, 6.07) is 3.92. The first-order valence-corrected chi connectivity index (χ1v) is 4.04. The molecule has 4 nitrogen and oxygen atoms in total. The Morgan fingerprint density at radius 1 is 1.23 bits per heavy atom. The van der Waals surface area contributed by atoms with Crippen LogP contribution in [0.3, 0.4) is 0 Å². The van der Waals surface area contributed by atoms with E-state index in [4.69, 9.17) is 0 Å². The van der Waals surface area contributed by atoms with Gasteiger partial charge in [-0.15, -0.1) is 0 Å². The van der Waals surface area contributed by atoms with Gasteiger partial charge in [-0.3, -0.25) is 9.67 Å². The van der Waals surface area contributed by atoms with E-state index in [-0.39, 0.29) is 0 Å². The highest BCUT2D eigenvalue weighted by Gasteiger charge is 2.01. The number of rotatable bonds is 1. The first-order chi connectivity index (χ1) is 6.25. The molecule has 2 heterocycles. The number of nitrogens with zero attached hydrogens (tertiary/aromatic N) is 4. The number of aryl methyl sites for hydroxylation is 2. The van der Waals surface area contributed by atoms with E-state index in [9.17, 15) is 0 Å². The molecule has 0 radical (unpaired) electrons. The predicted molar refractivity (Wildman–Crippen MR) is 49.0 cm³/mol. The van der Waals surface area contributed by atoms with E-state index in [0.717, 1.165) is 17.1 Å². The van der Waals surface area contributed by atoms with Gasteiger partial charge in [0.25, 0.3) is 0 Å². The van der Waals surface area contributed by atoms with E-state index < -0.39 is 0 Å². The van der Waals surface area contributed by atoms with Crippen LogP contribution < -0.4 is 0 Å². The molecule has 66 valence electrons. The predicted octanol–water partition coefficient (Wildman–Crippen LogP) is 1.19. The van der Waals surface area contributed by atoms with Crippen LogP contribution in [-0.4, -0.2) is 19.7 Å². The molecule has 4 heteroatoms. The average molecular weight is 174 g/mol. The zero-order chi connectivity index (χ0) is 9.26. The minimum atomic E-state index is 0.718. The lowest BCUT2D eigenvalue weighted by Gasteiger charge is -1.94. The maximum absolute atomic E-state index is 4.18. The van der Waals surface area contributed by atoms with Gasteiger partial charge < -0.3 is 0 Å². The minimum absolute atomic E-state index is 0.718. The van der Waals surface area contributed by atoms with Crippen molar-refractivity contribution in [3.63, 3.8) is 0 Å². The molecule has 0 atom stereocenters. The molecule has 0 saturated carbocycles. The van der Waals surface area contributed by atoms with Gasteiger partial charge in [0.05, 0.1) is 0 Å². The van der Waals surface area contributed by atoms with Crippen molar-refractivity contribution in [3.05, 3.63) is 30.4 Å². The minimum Gasteiger partial charge on any atom is -0.261 e. The third-order valence-electron chi connectivity index (χ3n) is 1.77. The standard InChI is InChI=1S/C9H10N4/c1-7-3-4-8(5-10-7)9-11-6-13(2)12-9/h3-6H,1-2H3. The first-order valence-electron chi connectivity index (χ1n) is 4.04. The van der Waals surface area contributed by atoms with Gasteiger partial charge in [-0.1, -0.05) is 0 Å². The van der Waals surface area contributed by atoms with E-state index in [1.165, 1.54) is 0 Å². The lowest BCUT2D eigenvalue weighted by Crippen LogP contribution is -1.88. The van der Waals surface area contributed by atoms with Crippen molar-refractivity contribution in [2.75, 3.05) is 0 Å². The number of hydrogen-bond acceptors (Lipinski definition) is 3. The molecule has 0 aliphatic rings. The normalized spacial score (nSPS) is 10.3. The van der Waals surface area contributed by atoms with Crippen molar-refractivity contribution in [2.45, 2.75) is 6.92 Å². The summed E-state index contributed by atoms with van der Waals surface area (Å²) in [6.45, 7) is 1.95. The van der Waals surface area contributed by atoms with Crippen LogP contribution >= 0.6 is 0 Å². The summed E-state index contributed by atoms with van der Waals surface area (Å²) in [5, 5.41) is 4.18. The lowest BCUT2D eigenvalue weighted by atomic mass is 10.2. The van der Waals surface area contributed by atoms with Crippen molar-refractivity contribution in [2.24, 2.45) is 7.05 Å². The Labute approximate surface area is 76.3 Å². The molecule has 0 aliphatic heterocycles. The van der Waals surface area contributed by atoms with Crippen LogP contribution in [0.1, 0.15) is 5.69 Å². The van der Waals surface area contributed by atoms with Crippen molar-refractivity contribution < 1.29 is 0 Å². The smallest absolute Gasteiger partial charge is 0.182 e. The fraction of sp³-hybridized carbons (Fsp3) is 0.222. The summed E-state index contributed by atoms with van der Waals surface area (Å²) in [7, 11) is 1.85. The highest BCUT2D eigenvalue weighted by Crippen LogP contribution is 2.11. The van der Waals surface area contributed by atoms with Gasteiger partial charge in [-0.2, -0.15) is 5.10 Å². The van der Waals surface area contributed by atoms with Crippen molar-refractivity contribution in [1.82, 2.24) is 19.7 Å². The van der Waals surface area contributed by atoms with E-state index in [1.807, 2.05) is 26.1 Å². The zero-order valence-electron chi connectivity index (χ0n) is 7.60. The molecule has 13 heavy (non-hydrogen) atoms. The molecule has 0 unspecified atom stereocenters. The maximum atomic E-state index is 4.18. The van der Waals surface area contributed by atoms with Crippen LogP contribution in [0.15, 0.2) is 24.7 Å². The Balaban J connectivity index is 2.41. The second kappa shape index (κ2) is 2.97. The number of aromatic nitrogens is 4. The topological polar surface area (TPSA) is 43.6 Å². The summed E-state index contributed by atoms with van der Waals surface area (Å²) >= 11 is 0. The van der Waals surface area contributed by atoms with E-state index in [0.29, 0.717) is 0 Å². The van der Waals surface area contributed by atoms with Gasteiger partial charge in [0.2, 0.25) is 0 Å². The Morgan fingerprint density at radius 3 is 2.62 bits per heavy atom.